The molecule has 0 heterocycles. The van der Waals surface area contributed by atoms with Crippen LogP contribution >= 0.6 is 23.5 Å². The van der Waals surface area contributed by atoms with E-state index < -0.39 is 7.60 Å². The summed E-state index contributed by atoms with van der Waals surface area (Å²) in [6, 6.07) is 0. The Kier molecular flexibility index (Phi) is 3.56. The molecule has 0 amide bonds. The lowest BCUT2D eigenvalue weighted by atomic mass is 10.8. The number of rotatable bonds is 2. The summed E-state index contributed by atoms with van der Waals surface area (Å²) in [4.78, 5) is 16.3. The molecule has 8 heavy (non-hydrogen) atoms. The van der Waals surface area contributed by atoms with Gasteiger partial charge in [-0.2, -0.15) is 0 Å². The molecule has 3 nitrogen and oxygen atoms in total. The third-order valence-corrected chi connectivity index (χ3v) is 1.36. The molecule has 0 aromatic heterocycles. The van der Waals surface area contributed by atoms with Crippen LogP contribution in [0.2, 0.25) is 0 Å². The van der Waals surface area contributed by atoms with Gasteiger partial charge >= 0.3 is 7.60 Å². The second kappa shape index (κ2) is 3.41. The number of halogens is 1. The molecule has 0 radical (unpaired) electrons. The fourth-order valence-electron chi connectivity index (χ4n) is 0.177. The first-order valence-corrected chi connectivity index (χ1v) is 4.65. The van der Waals surface area contributed by atoms with Crippen LogP contribution in [0.4, 0.5) is 0 Å². The van der Waals surface area contributed by atoms with Crippen LogP contribution in [0, 0.1) is 0 Å². The van der Waals surface area contributed by atoms with Crippen LogP contribution in [0.3, 0.4) is 0 Å². The zero-order valence-electron chi connectivity index (χ0n) is 3.99. The Hall–Kier alpha value is 0.370. The third-order valence-electron chi connectivity index (χ3n) is 0.389. The largest absolute Gasteiger partial charge is 0.348 e. The monoisotopic (exact) mass is 200 g/mol. The van der Waals surface area contributed by atoms with Gasteiger partial charge in [0.05, 0.1) is 0 Å². The van der Waals surface area contributed by atoms with Crippen molar-refractivity contribution in [2.75, 3.05) is 5.33 Å². The van der Waals surface area contributed by atoms with Crippen LogP contribution in [0.15, 0.2) is 11.9 Å². The predicted octanol–water partition coefficient (Wildman–Crippen LogP) is 1.07. The Morgan fingerprint density at radius 2 is 2.12 bits per heavy atom. The minimum atomic E-state index is -3.89. The van der Waals surface area contributed by atoms with Crippen LogP contribution in [0.5, 0.6) is 0 Å². The van der Waals surface area contributed by atoms with Crippen LogP contribution in [0.25, 0.3) is 0 Å². The maximum absolute atomic E-state index is 9.98. The zero-order valence-corrected chi connectivity index (χ0v) is 6.47. The molecule has 0 saturated carbocycles. The van der Waals surface area contributed by atoms with E-state index >= 15 is 0 Å². The highest BCUT2D eigenvalue weighted by Crippen LogP contribution is 2.35. The minimum Gasteiger partial charge on any atom is -0.321 e. The smallest absolute Gasteiger partial charge is 0.321 e. The lowest BCUT2D eigenvalue weighted by molar-refractivity contribution is 0.386. The van der Waals surface area contributed by atoms with Crippen molar-refractivity contribution in [2.45, 2.75) is 0 Å². The Morgan fingerprint density at radius 3 is 2.25 bits per heavy atom. The quantitative estimate of drug-likeness (QED) is 0.518. The fourth-order valence-corrected chi connectivity index (χ4v) is 1.03. The van der Waals surface area contributed by atoms with Gasteiger partial charge in [-0.3, -0.25) is 4.57 Å². The standard InChI is InChI=1S/C3H6BrO3P/c4-2-1-3-8(5,6)7/h1,3H,2H2,(H2,5,6,7)/b3-1+. The highest BCUT2D eigenvalue weighted by molar-refractivity contribution is 9.09. The molecule has 0 spiro atoms. The Balaban J connectivity index is 3.71. The van der Waals surface area contributed by atoms with E-state index in [1.165, 1.54) is 6.08 Å². The van der Waals surface area contributed by atoms with E-state index in [1.54, 1.807) is 0 Å². The van der Waals surface area contributed by atoms with Crippen LogP contribution in [-0.4, -0.2) is 15.1 Å². The first-order valence-electron chi connectivity index (χ1n) is 1.85. The van der Waals surface area contributed by atoms with E-state index in [-0.39, 0.29) is 0 Å². The van der Waals surface area contributed by atoms with Crippen molar-refractivity contribution < 1.29 is 14.4 Å². The zero-order chi connectivity index (χ0) is 6.62. The summed E-state index contributed by atoms with van der Waals surface area (Å²) >= 11 is 2.97. The van der Waals surface area contributed by atoms with E-state index in [1.807, 2.05) is 0 Å². The van der Waals surface area contributed by atoms with Crippen molar-refractivity contribution in [2.24, 2.45) is 0 Å². The van der Waals surface area contributed by atoms with E-state index in [0.717, 1.165) is 5.82 Å². The number of allylic oxidation sites excluding steroid dienone is 1. The molecule has 0 rings (SSSR count). The SMILES string of the molecule is O=P(O)(O)/C=C/CBr. The Bertz CT molecular complexity index is 126. The lowest BCUT2D eigenvalue weighted by Gasteiger charge is -1.90. The maximum atomic E-state index is 9.98. The molecule has 0 aliphatic carbocycles. The lowest BCUT2D eigenvalue weighted by Crippen LogP contribution is -1.68. The molecule has 0 aromatic carbocycles. The second-order valence-electron chi connectivity index (χ2n) is 1.13. The van der Waals surface area contributed by atoms with Gasteiger partial charge in [0.25, 0.3) is 0 Å². The van der Waals surface area contributed by atoms with Gasteiger partial charge in [-0.25, -0.2) is 0 Å². The van der Waals surface area contributed by atoms with Crippen LogP contribution < -0.4 is 0 Å². The van der Waals surface area contributed by atoms with Gasteiger partial charge < -0.3 is 9.79 Å². The molecule has 0 saturated heterocycles. The highest BCUT2D eigenvalue weighted by atomic mass is 79.9. The van der Waals surface area contributed by atoms with Crippen LogP contribution in [0.1, 0.15) is 0 Å². The first-order chi connectivity index (χ1) is 3.56. The summed E-state index contributed by atoms with van der Waals surface area (Å²) in [6.45, 7) is 0. The van der Waals surface area contributed by atoms with Crippen molar-refractivity contribution >= 4 is 23.5 Å². The van der Waals surface area contributed by atoms with Gasteiger partial charge in [0.2, 0.25) is 0 Å². The van der Waals surface area contributed by atoms with E-state index in [0.29, 0.717) is 5.33 Å². The first kappa shape index (κ1) is 8.37. The van der Waals surface area contributed by atoms with Gasteiger partial charge in [-0.1, -0.05) is 22.0 Å². The molecule has 0 fully saturated rings. The molecular formula is C3H6BrO3P. The predicted molar refractivity (Wildman–Crippen MR) is 35.0 cm³/mol. The molecule has 0 bridgehead atoms. The van der Waals surface area contributed by atoms with Crippen molar-refractivity contribution in [1.82, 2.24) is 0 Å². The second-order valence-corrected chi connectivity index (χ2v) is 3.25. The molecule has 0 atom stereocenters. The van der Waals surface area contributed by atoms with Gasteiger partial charge in [-0.15, -0.1) is 0 Å². The average Bonchev–Trinajstić information content (AvgIpc) is 1.59. The maximum Gasteiger partial charge on any atom is 0.348 e. The van der Waals surface area contributed by atoms with Gasteiger partial charge in [0, 0.05) is 11.1 Å². The molecule has 0 aliphatic rings. The van der Waals surface area contributed by atoms with Crippen molar-refractivity contribution in [3.63, 3.8) is 0 Å². The third kappa shape index (κ3) is 6.37. The normalized spacial score (nSPS) is 12.9. The van der Waals surface area contributed by atoms with Crippen molar-refractivity contribution in [1.29, 1.82) is 0 Å². The summed E-state index contributed by atoms with van der Waals surface area (Å²) in [7, 11) is -3.89. The van der Waals surface area contributed by atoms with E-state index in [4.69, 9.17) is 9.79 Å². The topological polar surface area (TPSA) is 57.5 Å². The molecule has 48 valence electrons. The molecule has 0 aromatic rings. The molecule has 5 heteroatoms. The summed E-state index contributed by atoms with van der Waals surface area (Å²) in [5, 5.41) is 0.470. The Morgan fingerprint density at radius 1 is 1.62 bits per heavy atom. The summed E-state index contributed by atoms with van der Waals surface area (Å²) < 4.78 is 9.98. The van der Waals surface area contributed by atoms with Gasteiger partial charge in [0.15, 0.2) is 0 Å². The molecular weight excluding hydrogens is 195 g/mol. The number of hydrogen-bond acceptors (Lipinski definition) is 1. The van der Waals surface area contributed by atoms with Crippen LogP contribution in [-0.2, 0) is 4.57 Å². The van der Waals surface area contributed by atoms with Crippen molar-refractivity contribution in [3.8, 4) is 0 Å². The number of hydrogen-bond donors (Lipinski definition) is 2. The summed E-state index contributed by atoms with van der Waals surface area (Å²) in [5.74, 6) is 0.863. The van der Waals surface area contributed by atoms with E-state index in [2.05, 4.69) is 15.9 Å². The Labute approximate surface area is 55.7 Å². The van der Waals surface area contributed by atoms with Crippen molar-refractivity contribution in [3.05, 3.63) is 11.9 Å². The molecule has 0 aliphatic heterocycles. The summed E-state index contributed by atoms with van der Waals surface area (Å²) in [6.07, 6.45) is 1.36. The highest BCUT2D eigenvalue weighted by Gasteiger charge is 2.03. The summed E-state index contributed by atoms with van der Waals surface area (Å²) in [5.41, 5.74) is 0. The molecule has 2 N–H and O–H groups in total. The minimum absolute atomic E-state index is 0.470. The van der Waals surface area contributed by atoms with E-state index in [9.17, 15) is 4.57 Å². The fraction of sp³-hybridized carbons (Fsp3) is 0.333. The van der Waals surface area contributed by atoms with Gasteiger partial charge in [-0.05, 0) is 0 Å². The average molecular weight is 201 g/mol. The molecule has 0 unspecified atom stereocenters. The van der Waals surface area contributed by atoms with Gasteiger partial charge in [0.1, 0.15) is 0 Å². The number of alkyl halides is 1.